The zero-order valence-corrected chi connectivity index (χ0v) is 15.0. The maximum Gasteiger partial charge on any atom is 0.331 e. The number of fused-ring (bicyclic) bond motifs is 1. The lowest BCUT2D eigenvalue weighted by Gasteiger charge is -2.25. The fraction of sp³-hybridized carbons (Fsp3) is 0.273. The molecule has 2 fully saturated rings. The van der Waals surface area contributed by atoms with Gasteiger partial charge >= 0.3 is 11.9 Å². The minimum Gasteiger partial charge on any atom is -0.455 e. The second kappa shape index (κ2) is 7.96. The number of carbonyl (C=O) groups excluding carboxylic acids is 2. The van der Waals surface area contributed by atoms with Gasteiger partial charge in [-0.2, -0.15) is 0 Å². The van der Waals surface area contributed by atoms with E-state index in [4.69, 9.17) is 14.2 Å². The van der Waals surface area contributed by atoms with Crippen molar-refractivity contribution in [2.45, 2.75) is 36.9 Å². The Bertz CT molecular complexity index is 863. The van der Waals surface area contributed by atoms with Crippen LogP contribution in [0.5, 0.6) is 0 Å². The van der Waals surface area contributed by atoms with E-state index in [1.54, 1.807) is 30.3 Å². The van der Waals surface area contributed by atoms with Crippen molar-refractivity contribution in [2.75, 3.05) is 0 Å². The van der Waals surface area contributed by atoms with E-state index in [1.807, 2.05) is 36.4 Å². The number of ether oxygens (including phenoxy) is 3. The molecule has 0 amide bonds. The summed E-state index contributed by atoms with van der Waals surface area (Å²) in [6.45, 7) is 0. The van der Waals surface area contributed by atoms with Gasteiger partial charge in [-0.15, -0.1) is 0 Å². The van der Waals surface area contributed by atoms with Crippen LogP contribution in [0.2, 0.25) is 0 Å². The molecule has 2 aliphatic rings. The van der Waals surface area contributed by atoms with E-state index in [0.29, 0.717) is 5.56 Å². The first-order valence-electron chi connectivity index (χ1n) is 9.13. The summed E-state index contributed by atoms with van der Waals surface area (Å²) in [6.07, 6.45) is -0.946. The molecule has 144 valence electrons. The van der Waals surface area contributed by atoms with Crippen molar-refractivity contribution in [1.82, 2.24) is 0 Å². The van der Waals surface area contributed by atoms with Gasteiger partial charge in [-0.1, -0.05) is 60.7 Å². The van der Waals surface area contributed by atoms with Gasteiger partial charge in [0, 0.05) is 6.08 Å². The average Bonchev–Trinajstić information content (AvgIpc) is 3.24. The van der Waals surface area contributed by atoms with Gasteiger partial charge in [-0.25, -0.2) is 4.79 Å². The summed E-state index contributed by atoms with van der Waals surface area (Å²) in [5, 5.41) is 10.8. The van der Waals surface area contributed by atoms with E-state index in [2.05, 4.69) is 0 Å². The molecule has 0 radical (unpaired) electrons. The summed E-state index contributed by atoms with van der Waals surface area (Å²) >= 11 is 0. The van der Waals surface area contributed by atoms with Gasteiger partial charge in [0.2, 0.25) is 0 Å². The number of benzene rings is 2. The van der Waals surface area contributed by atoms with Crippen molar-refractivity contribution < 1.29 is 28.9 Å². The summed E-state index contributed by atoms with van der Waals surface area (Å²) in [5.74, 6) is -0.991. The summed E-state index contributed by atoms with van der Waals surface area (Å²) in [4.78, 5) is 24.0. The molecule has 0 spiro atoms. The molecule has 0 bridgehead atoms. The number of aliphatic hydroxyl groups is 1. The Hall–Kier alpha value is -2.96. The Morgan fingerprint density at radius 2 is 1.79 bits per heavy atom. The molecule has 2 aromatic rings. The third-order valence-corrected chi connectivity index (χ3v) is 4.90. The topological polar surface area (TPSA) is 82.1 Å². The van der Waals surface area contributed by atoms with Crippen LogP contribution in [0.15, 0.2) is 66.7 Å². The monoisotopic (exact) mass is 380 g/mol. The summed E-state index contributed by atoms with van der Waals surface area (Å²) in [7, 11) is 0. The molecule has 4 rings (SSSR count). The lowest BCUT2D eigenvalue weighted by Crippen LogP contribution is -2.39. The highest BCUT2D eigenvalue weighted by atomic mass is 16.7. The van der Waals surface area contributed by atoms with Crippen LogP contribution in [0.25, 0.3) is 6.08 Å². The molecule has 2 heterocycles. The van der Waals surface area contributed by atoms with Crippen LogP contribution in [-0.2, 0) is 23.8 Å². The minimum atomic E-state index is -1.01. The minimum absolute atomic E-state index is 0.0799. The van der Waals surface area contributed by atoms with Gasteiger partial charge in [-0.3, -0.25) is 4.79 Å². The number of carbonyl (C=O) groups is 2. The molecule has 2 aliphatic heterocycles. The van der Waals surface area contributed by atoms with Crippen LogP contribution in [0.4, 0.5) is 0 Å². The van der Waals surface area contributed by atoms with Gasteiger partial charge in [0.15, 0.2) is 12.2 Å². The first-order valence-corrected chi connectivity index (χ1v) is 9.13. The fourth-order valence-electron chi connectivity index (χ4n) is 3.56. The first kappa shape index (κ1) is 18.4. The quantitative estimate of drug-likeness (QED) is 0.634. The summed E-state index contributed by atoms with van der Waals surface area (Å²) < 4.78 is 16.7. The molecule has 6 nitrogen and oxygen atoms in total. The molecule has 5 atom stereocenters. The van der Waals surface area contributed by atoms with Crippen LogP contribution in [0.1, 0.15) is 23.7 Å². The predicted molar refractivity (Wildman–Crippen MR) is 99.9 cm³/mol. The highest BCUT2D eigenvalue weighted by Crippen LogP contribution is 2.38. The molecule has 0 aliphatic carbocycles. The molecule has 6 heteroatoms. The molecular weight excluding hydrogens is 360 g/mol. The summed E-state index contributed by atoms with van der Waals surface area (Å²) in [6, 6.07) is 18.3. The van der Waals surface area contributed by atoms with Crippen LogP contribution in [-0.4, -0.2) is 41.5 Å². The number of hydrogen-bond acceptors (Lipinski definition) is 6. The van der Waals surface area contributed by atoms with Crippen LogP contribution < -0.4 is 0 Å². The fourth-order valence-corrected chi connectivity index (χ4v) is 3.56. The van der Waals surface area contributed by atoms with Gasteiger partial charge in [0.1, 0.15) is 18.3 Å². The zero-order valence-electron chi connectivity index (χ0n) is 15.0. The third-order valence-electron chi connectivity index (χ3n) is 4.90. The molecule has 0 aromatic heterocycles. The van der Waals surface area contributed by atoms with Crippen molar-refractivity contribution in [2.24, 2.45) is 0 Å². The van der Waals surface area contributed by atoms with Crippen molar-refractivity contribution in [1.29, 1.82) is 0 Å². The zero-order chi connectivity index (χ0) is 19.5. The van der Waals surface area contributed by atoms with E-state index in [-0.39, 0.29) is 6.42 Å². The average molecular weight is 380 g/mol. The maximum atomic E-state index is 12.4. The third kappa shape index (κ3) is 3.83. The Kier molecular flexibility index (Phi) is 5.23. The Morgan fingerprint density at radius 1 is 1.11 bits per heavy atom. The van der Waals surface area contributed by atoms with Crippen molar-refractivity contribution >= 4 is 18.0 Å². The van der Waals surface area contributed by atoms with E-state index in [0.717, 1.165) is 5.56 Å². The molecule has 2 saturated heterocycles. The van der Waals surface area contributed by atoms with Crippen molar-refractivity contribution in [3.8, 4) is 0 Å². The van der Waals surface area contributed by atoms with Crippen molar-refractivity contribution in [3.05, 3.63) is 77.9 Å². The SMILES string of the molecule is O=C(/C=C/c1ccccc1)O[C@@H]1[C@H]([C@@H](O)c2ccccc2)O[C@H]2CC(=O)O[C@@H]12. The number of aliphatic hydroxyl groups excluding tert-OH is 1. The molecule has 0 unspecified atom stereocenters. The molecule has 1 N–H and O–H groups in total. The van der Waals surface area contributed by atoms with E-state index in [1.165, 1.54) is 6.08 Å². The predicted octanol–water partition coefficient (Wildman–Crippen LogP) is 2.43. The van der Waals surface area contributed by atoms with Gasteiger partial charge < -0.3 is 19.3 Å². The summed E-state index contributed by atoms with van der Waals surface area (Å²) in [5.41, 5.74) is 1.49. The second-order valence-electron chi connectivity index (χ2n) is 6.80. The van der Waals surface area contributed by atoms with E-state index < -0.39 is 42.5 Å². The van der Waals surface area contributed by atoms with Gasteiger partial charge in [0.05, 0.1) is 6.42 Å². The standard InChI is InChI=1S/C22H20O6/c23-17(12-11-14-7-3-1-4-8-14)27-22-20-16(13-18(24)28-20)26-21(22)19(25)15-9-5-2-6-10-15/h1-12,16,19-22,25H,13H2/b12-11+/t16-,19-,20+,21-,22-/m0/s1. The maximum absolute atomic E-state index is 12.4. The Morgan fingerprint density at radius 3 is 2.50 bits per heavy atom. The molecule has 28 heavy (non-hydrogen) atoms. The molecular formula is C22H20O6. The first-order chi connectivity index (χ1) is 13.6. The van der Waals surface area contributed by atoms with Crippen molar-refractivity contribution in [3.63, 3.8) is 0 Å². The number of rotatable bonds is 5. The molecule has 2 aromatic carbocycles. The lowest BCUT2D eigenvalue weighted by atomic mass is 9.98. The second-order valence-corrected chi connectivity index (χ2v) is 6.80. The largest absolute Gasteiger partial charge is 0.455 e. The Labute approximate surface area is 162 Å². The lowest BCUT2D eigenvalue weighted by molar-refractivity contribution is -0.162. The van der Waals surface area contributed by atoms with E-state index in [9.17, 15) is 14.7 Å². The number of hydrogen-bond donors (Lipinski definition) is 1. The number of esters is 2. The van der Waals surface area contributed by atoms with Gasteiger partial charge in [-0.05, 0) is 17.2 Å². The Balaban J connectivity index is 1.51. The van der Waals surface area contributed by atoms with Crippen LogP contribution in [0, 0.1) is 0 Å². The highest BCUT2D eigenvalue weighted by Gasteiger charge is 2.55. The van der Waals surface area contributed by atoms with E-state index >= 15 is 0 Å². The normalized spacial score (nSPS) is 27.4. The smallest absolute Gasteiger partial charge is 0.331 e. The molecule has 0 saturated carbocycles. The van der Waals surface area contributed by atoms with Gasteiger partial charge in [0.25, 0.3) is 0 Å². The van der Waals surface area contributed by atoms with Crippen LogP contribution in [0.3, 0.4) is 0 Å². The highest BCUT2D eigenvalue weighted by molar-refractivity contribution is 5.87. The van der Waals surface area contributed by atoms with Crippen LogP contribution >= 0.6 is 0 Å².